The standard InChI is InChI=1S/C17H22N4/c1-17(2,3)14-12(4-5-13(18)15(14)19)11-8-10-6-7-20-16(10)21-9-11/h4-5,8-9H,6-7,18-19H2,1-3H3,(H,20,21). The number of nitrogens with one attached hydrogen (secondary N) is 1. The molecule has 0 saturated carbocycles. The number of nitrogen functional groups attached to an aromatic ring is 2. The molecule has 0 radical (unpaired) electrons. The van der Waals surface area contributed by atoms with E-state index in [0.717, 1.165) is 35.5 Å². The molecule has 2 aromatic rings. The minimum Gasteiger partial charge on any atom is -0.397 e. The van der Waals surface area contributed by atoms with Gasteiger partial charge in [-0.2, -0.15) is 0 Å². The number of pyridine rings is 1. The van der Waals surface area contributed by atoms with Crippen molar-refractivity contribution in [1.82, 2.24) is 4.98 Å². The van der Waals surface area contributed by atoms with Crippen molar-refractivity contribution in [2.75, 3.05) is 23.3 Å². The lowest BCUT2D eigenvalue weighted by atomic mass is 9.80. The van der Waals surface area contributed by atoms with Crippen LogP contribution in [0.5, 0.6) is 0 Å². The van der Waals surface area contributed by atoms with E-state index in [2.05, 4.69) is 43.2 Å². The molecule has 4 nitrogen and oxygen atoms in total. The van der Waals surface area contributed by atoms with Gasteiger partial charge in [0.1, 0.15) is 5.82 Å². The van der Waals surface area contributed by atoms with Crippen LogP contribution in [0.25, 0.3) is 11.1 Å². The lowest BCUT2D eigenvalue weighted by molar-refractivity contribution is 0.594. The maximum atomic E-state index is 6.26. The van der Waals surface area contributed by atoms with Gasteiger partial charge in [-0.1, -0.05) is 26.8 Å². The van der Waals surface area contributed by atoms with Crippen LogP contribution in [0.4, 0.5) is 17.2 Å². The zero-order valence-electron chi connectivity index (χ0n) is 12.8. The number of nitrogens with zero attached hydrogens (tertiary/aromatic N) is 1. The molecule has 0 amide bonds. The van der Waals surface area contributed by atoms with Crippen molar-refractivity contribution in [3.05, 3.63) is 35.5 Å². The van der Waals surface area contributed by atoms with E-state index in [1.54, 1.807) is 0 Å². The molecule has 0 fully saturated rings. The van der Waals surface area contributed by atoms with Crippen LogP contribution < -0.4 is 16.8 Å². The molecule has 0 saturated heterocycles. The smallest absolute Gasteiger partial charge is 0.129 e. The number of nitrogens with two attached hydrogens (primary N) is 2. The number of hydrogen-bond donors (Lipinski definition) is 3. The molecular weight excluding hydrogens is 260 g/mol. The van der Waals surface area contributed by atoms with E-state index < -0.39 is 0 Å². The zero-order valence-corrected chi connectivity index (χ0v) is 12.8. The molecule has 4 heteroatoms. The highest BCUT2D eigenvalue weighted by Gasteiger charge is 2.24. The van der Waals surface area contributed by atoms with Gasteiger partial charge in [-0.25, -0.2) is 4.98 Å². The average molecular weight is 282 g/mol. The molecule has 1 aliphatic heterocycles. The third kappa shape index (κ3) is 2.31. The third-order valence-corrected chi connectivity index (χ3v) is 3.99. The first-order valence-electron chi connectivity index (χ1n) is 7.29. The number of anilines is 3. The Bertz CT molecular complexity index is 699. The van der Waals surface area contributed by atoms with E-state index in [1.807, 2.05) is 12.3 Å². The van der Waals surface area contributed by atoms with Crippen molar-refractivity contribution in [1.29, 1.82) is 0 Å². The van der Waals surface area contributed by atoms with Gasteiger partial charge in [0, 0.05) is 18.3 Å². The number of rotatable bonds is 1. The summed E-state index contributed by atoms with van der Waals surface area (Å²) in [7, 11) is 0. The SMILES string of the molecule is CC(C)(C)c1c(-c2cnc3c(c2)CCN3)ccc(N)c1N. The van der Waals surface area contributed by atoms with Crippen LogP contribution >= 0.6 is 0 Å². The summed E-state index contributed by atoms with van der Waals surface area (Å²) < 4.78 is 0. The Morgan fingerprint density at radius 2 is 1.95 bits per heavy atom. The van der Waals surface area contributed by atoms with Crippen LogP contribution in [-0.4, -0.2) is 11.5 Å². The normalized spacial score (nSPS) is 13.9. The Morgan fingerprint density at radius 3 is 2.67 bits per heavy atom. The first-order chi connectivity index (χ1) is 9.88. The van der Waals surface area contributed by atoms with E-state index >= 15 is 0 Å². The van der Waals surface area contributed by atoms with E-state index in [-0.39, 0.29) is 5.41 Å². The Hall–Kier alpha value is -2.23. The van der Waals surface area contributed by atoms with E-state index in [9.17, 15) is 0 Å². The molecule has 0 aliphatic carbocycles. The molecule has 1 aromatic carbocycles. The summed E-state index contributed by atoms with van der Waals surface area (Å²) in [5.74, 6) is 1.000. The summed E-state index contributed by atoms with van der Waals surface area (Å²) in [6, 6.07) is 6.14. The second-order valence-corrected chi connectivity index (χ2v) is 6.65. The van der Waals surface area contributed by atoms with Crippen molar-refractivity contribution >= 4 is 17.2 Å². The molecule has 0 atom stereocenters. The molecule has 21 heavy (non-hydrogen) atoms. The number of fused-ring (bicyclic) bond motifs is 1. The first-order valence-corrected chi connectivity index (χ1v) is 7.29. The predicted octanol–water partition coefficient (Wildman–Crippen LogP) is 3.18. The van der Waals surface area contributed by atoms with Crippen LogP contribution in [-0.2, 0) is 11.8 Å². The van der Waals surface area contributed by atoms with E-state index in [4.69, 9.17) is 11.5 Å². The molecule has 2 heterocycles. The fraction of sp³-hybridized carbons (Fsp3) is 0.353. The molecule has 5 N–H and O–H groups in total. The molecule has 1 aromatic heterocycles. The summed E-state index contributed by atoms with van der Waals surface area (Å²) in [6.45, 7) is 7.43. The molecule has 0 spiro atoms. The molecule has 1 aliphatic rings. The van der Waals surface area contributed by atoms with Crippen molar-refractivity contribution in [2.45, 2.75) is 32.6 Å². The van der Waals surface area contributed by atoms with Crippen molar-refractivity contribution in [3.63, 3.8) is 0 Å². The zero-order chi connectivity index (χ0) is 15.2. The fourth-order valence-corrected chi connectivity index (χ4v) is 3.01. The summed E-state index contributed by atoms with van der Waals surface area (Å²) in [5, 5.41) is 3.29. The second-order valence-electron chi connectivity index (χ2n) is 6.65. The summed E-state index contributed by atoms with van der Waals surface area (Å²) >= 11 is 0. The van der Waals surface area contributed by atoms with Gasteiger partial charge >= 0.3 is 0 Å². The van der Waals surface area contributed by atoms with Crippen LogP contribution in [0, 0.1) is 0 Å². The lowest BCUT2D eigenvalue weighted by Gasteiger charge is -2.26. The summed E-state index contributed by atoms with van der Waals surface area (Å²) in [6.07, 6.45) is 2.93. The topological polar surface area (TPSA) is 77.0 Å². The van der Waals surface area contributed by atoms with Crippen LogP contribution in [0.1, 0.15) is 31.9 Å². The Kier molecular flexibility index (Phi) is 3.04. The predicted molar refractivity (Wildman–Crippen MR) is 89.4 cm³/mol. The highest BCUT2D eigenvalue weighted by molar-refractivity contribution is 5.82. The van der Waals surface area contributed by atoms with Gasteiger partial charge < -0.3 is 16.8 Å². The highest BCUT2D eigenvalue weighted by atomic mass is 15.0. The maximum absolute atomic E-state index is 6.26. The first kappa shape index (κ1) is 13.7. The summed E-state index contributed by atoms with van der Waals surface area (Å²) in [4.78, 5) is 4.53. The van der Waals surface area contributed by atoms with E-state index in [1.165, 1.54) is 5.56 Å². The highest BCUT2D eigenvalue weighted by Crippen LogP contribution is 2.40. The van der Waals surface area contributed by atoms with Gasteiger partial charge in [-0.05, 0) is 40.7 Å². The van der Waals surface area contributed by atoms with Crippen molar-refractivity contribution < 1.29 is 0 Å². The van der Waals surface area contributed by atoms with Crippen molar-refractivity contribution in [3.8, 4) is 11.1 Å². The Balaban J connectivity index is 2.21. The van der Waals surface area contributed by atoms with Crippen molar-refractivity contribution in [2.24, 2.45) is 0 Å². The molecule has 3 rings (SSSR count). The van der Waals surface area contributed by atoms with Crippen LogP contribution in [0.3, 0.4) is 0 Å². The number of hydrogen-bond acceptors (Lipinski definition) is 4. The second kappa shape index (κ2) is 4.65. The molecule has 0 bridgehead atoms. The van der Waals surface area contributed by atoms with Crippen LogP contribution in [0.15, 0.2) is 24.4 Å². The Labute approximate surface area is 125 Å². The van der Waals surface area contributed by atoms with Gasteiger partial charge in [0.25, 0.3) is 0 Å². The fourth-order valence-electron chi connectivity index (χ4n) is 3.01. The minimum absolute atomic E-state index is 0.0773. The van der Waals surface area contributed by atoms with Gasteiger partial charge in [0.2, 0.25) is 0 Å². The van der Waals surface area contributed by atoms with Gasteiger partial charge in [-0.15, -0.1) is 0 Å². The van der Waals surface area contributed by atoms with Crippen LogP contribution in [0.2, 0.25) is 0 Å². The minimum atomic E-state index is -0.0773. The van der Waals surface area contributed by atoms with Gasteiger partial charge in [0.15, 0.2) is 0 Å². The monoisotopic (exact) mass is 282 g/mol. The maximum Gasteiger partial charge on any atom is 0.129 e. The van der Waals surface area contributed by atoms with Gasteiger partial charge in [0.05, 0.1) is 11.4 Å². The largest absolute Gasteiger partial charge is 0.397 e. The molecule has 0 unspecified atom stereocenters. The lowest BCUT2D eigenvalue weighted by Crippen LogP contribution is -2.17. The number of aromatic nitrogens is 1. The Morgan fingerprint density at radius 1 is 1.19 bits per heavy atom. The molecular formula is C17H22N4. The van der Waals surface area contributed by atoms with Gasteiger partial charge in [-0.3, -0.25) is 0 Å². The average Bonchev–Trinajstić information content (AvgIpc) is 2.87. The number of benzene rings is 1. The quantitative estimate of drug-likeness (QED) is 0.702. The summed E-state index contributed by atoms with van der Waals surface area (Å²) in [5.41, 5.74) is 18.1. The van der Waals surface area contributed by atoms with E-state index in [0.29, 0.717) is 11.4 Å². The third-order valence-electron chi connectivity index (χ3n) is 3.99. The molecule has 110 valence electrons.